The number of hydrogen-bond acceptors (Lipinski definition) is 3. The zero-order chi connectivity index (χ0) is 13.9. The number of carbonyl (C=O) groups excluding carboxylic acids is 1. The smallest absolute Gasteiger partial charge is 0.455 e. The number of benzene rings is 1. The molecule has 0 aromatic heterocycles. The van der Waals surface area contributed by atoms with Crippen LogP contribution in [0.2, 0.25) is 0 Å². The molecule has 0 aliphatic rings. The number of methoxy groups -OCH3 is 1. The molecule has 0 saturated carbocycles. The van der Waals surface area contributed by atoms with E-state index in [0.29, 0.717) is 0 Å². The fourth-order valence-corrected chi connectivity index (χ4v) is 1.49. The predicted octanol–water partition coefficient (Wildman–Crippen LogP) is 3.18. The van der Waals surface area contributed by atoms with Gasteiger partial charge in [-0.15, -0.1) is 0 Å². The Balaban J connectivity index is 3.55. The predicted molar refractivity (Wildman–Crippen MR) is 59.8 cm³/mol. The van der Waals surface area contributed by atoms with E-state index in [2.05, 4.69) is 4.74 Å². The zero-order valence-corrected chi connectivity index (χ0v) is 9.71. The van der Waals surface area contributed by atoms with Crippen LogP contribution in [0.3, 0.4) is 0 Å². The molecule has 0 heterocycles. The van der Waals surface area contributed by atoms with Gasteiger partial charge in [-0.25, -0.2) is 0 Å². The summed E-state index contributed by atoms with van der Waals surface area (Å²) < 4.78 is 42.2. The Morgan fingerprint density at radius 2 is 2.00 bits per heavy atom. The molecule has 1 N–H and O–H groups in total. The topological polar surface area (TPSA) is 46.5 Å². The van der Waals surface area contributed by atoms with Gasteiger partial charge in [0.05, 0.1) is 12.7 Å². The number of ether oxygens (including phenoxy) is 1. The van der Waals surface area contributed by atoms with Gasteiger partial charge in [0.2, 0.25) is 0 Å². The van der Waals surface area contributed by atoms with Crippen LogP contribution in [0, 0.1) is 0 Å². The molecule has 1 aromatic rings. The summed E-state index contributed by atoms with van der Waals surface area (Å²) in [6.07, 6.45) is -2.21. The molecule has 0 unspecified atom stereocenters. The summed E-state index contributed by atoms with van der Waals surface area (Å²) in [7, 11) is 1.08. The Bertz CT molecular complexity index is 490. The van der Waals surface area contributed by atoms with Crippen LogP contribution in [-0.2, 0) is 0 Å². The Labute approximate surface area is 101 Å². The second-order valence-corrected chi connectivity index (χ2v) is 3.41. The minimum atomic E-state index is -5.03. The summed E-state index contributed by atoms with van der Waals surface area (Å²) >= 11 is 0. The molecule has 0 aliphatic carbocycles. The maximum atomic E-state index is 12.5. The van der Waals surface area contributed by atoms with Crippen LogP contribution in [0.25, 0.3) is 6.08 Å². The number of rotatable bonds is 3. The third kappa shape index (κ3) is 2.64. The van der Waals surface area contributed by atoms with Gasteiger partial charge in [-0.1, -0.05) is 18.2 Å². The Morgan fingerprint density at radius 3 is 2.44 bits per heavy atom. The summed E-state index contributed by atoms with van der Waals surface area (Å²) in [4.78, 5) is 11.3. The van der Waals surface area contributed by atoms with Gasteiger partial charge >= 0.3 is 6.18 Å². The van der Waals surface area contributed by atoms with E-state index >= 15 is 0 Å². The lowest BCUT2D eigenvalue weighted by Crippen LogP contribution is -2.24. The van der Waals surface area contributed by atoms with Crippen LogP contribution in [0.1, 0.15) is 22.8 Å². The first kappa shape index (κ1) is 14.1. The second kappa shape index (κ2) is 5.12. The SMILES string of the molecule is CC=Cc1ccc(O)c(OC)c1C(=O)C(F)(F)F. The van der Waals surface area contributed by atoms with E-state index in [0.717, 1.165) is 7.11 Å². The molecule has 0 saturated heterocycles. The number of allylic oxidation sites excluding steroid dienone is 1. The van der Waals surface area contributed by atoms with Crippen molar-refractivity contribution >= 4 is 11.9 Å². The summed E-state index contributed by atoms with van der Waals surface area (Å²) in [6.45, 7) is 1.60. The largest absolute Gasteiger partial charge is 0.504 e. The molecule has 0 aliphatic heterocycles. The van der Waals surface area contributed by atoms with Crippen LogP contribution in [0.4, 0.5) is 13.2 Å². The highest BCUT2D eigenvalue weighted by molar-refractivity contribution is 6.06. The molecule has 0 radical (unpaired) electrons. The molecule has 1 aromatic carbocycles. The van der Waals surface area contributed by atoms with E-state index in [-0.39, 0.29) is 5.56 Å². The van der Waals surface area contributed by atoms with E-state index < -0.39 is 29.0 Å². The highest BCUT2D eigenvalue weighted by Crippen LogP contribution is 2.37. The van der Waals surface area contributed by atoms with Crippen molar-refractivity contribution in [1.29, 1.82) is 0 Å². The average molecular weight is 260 g/mol. The van der Waals surface area contributed by atoms with Crippen molar-refractivity contribution in [2.75, 3.05) is 7.11 Å². The Kier molecular flexibility index (Phi) is 4.00. The summed E-state index contributed by atoms with van der Waals surface area (Å²) in [6, 6.07) is 2.39. The first-order chi connectivity index (χ1) is 8.32. The monoisotopic (exact) mass is 260 g/mol. The van der Waals surface area contributed by atoms with Gasteiger partial charge in [-0.05, 0) is 18.6 Å². The standard InChI is InChI=1S/C12H11F3O3/c1-3-4-7-5-6-8(16)10(18-2)9(7)11(17)12(13,14)15/h3-6,16H,1-2H3. The second-order valence-electron chi connectivity index (χ2n) is 3.41. The van der Waals surface area contributed by atoms with E-state index in [4.69, 9.17) is 0 Å². The summed E-state index contributed by atoms with van der Waals surface area (Å²) in [5.41, 5.74) is -0.655. The highest BCUT2D eigenvalue weighted by atomic mass is 19.4. The number of phenolic OH excluding ortho intramolecular Hbond substituents is 1. The van der Waals surface area contributed by atoms with Gasteiger partial charge in [0, 0.05) is 0 Å². The molecule has 0 atom stereocenters. The van der Waals surface area contributed by atoms with Gasteiger partial charge < -0.3 is 9.84 Å². The third-order valence-electron chi connectivity index (χ3n) is 2.20. The number of carbonyl (C=O) groups is 1. The van der Waals surface area contributed by atoms with Crippen molar-refractivity contribution in [3.05, 3.63) is 29.3 Å². The van der Waals surface area contributed by atoms with Gasteiger partial charge in [0.25, 0.3) is 5.78 Å². The summed E-state index contributed by atoms with van der Waals surface area (Å²) in [5, 5.41) is 9.43. The van der Waals surface area contributed by atoms with Crippen LogP contribution in [0.15, 0.2) is 18.2 Å². The summed E-state index contributed by atoms with van der Waals surface area (Å²) in [5.74, 6) is -3.05. The number of aromatic hydroxyl groups is 1. The molecule has 6 heteroatoms. The van der Waals surface area contributed by atoms with Gasteiger partial charge in [-0.3, -0.25) is 4.79 Å². The van der Waals surface area contributed by atoms with E-state index in [1.807, 2.05) is 0 Å². The van der Waals surface area contributed by atoms with E-state index in [1.165, 1.54) is 24.3 Å². The van der Waals surface area contributed by atoms with Crippen molar-refractivity contribution in [2.24, 2.45) is 0 Å². The number of alkyl halides is 3. The van der Waals surface area contributed by atoms with Crippen molar-refractivity contribution in [3.63, 3.8) is 0 Å². The maximum absolute atomic E-state index is 12.5. The number of Topliss-reactive ketones (excluding diaryl/α,β-unsaturated/α-hetero) is 1. The molecule has 18 heavy (non-hydrogen) atoms. The number of hydrogen-bond donors (Lipinski definition) is 1. The van der Waals surface area contributed by atoms with Gasteiger partial charge in [0.15, 0.2) is 11.5 Å². The van der Waals surface area contributed by atoms with Gasteiger partial charge in [0.1, 0.15) is 0 Å². The first-order valence-corrected chi connectivity index (χ1v) is 4.97. The third-order valence-corrected chi connectivity index (χ3v) is 2.20. The fraction of sp³-hybridized carbons (Fsp3) is 0.250. The molecule has 0 fully saturated rings. The minimum Gasteiger partial charge on any atom is -0.504 e. The Morgan fingerprint density at radius 1 is 1.39 bits per heavy atom. The molecule has 1 rings (SSSR count). The molecule has 98 valence electrons. The van der Waals surface area contributed by atoms with Crippen LogP contribution in [0.5, 0.6) is 11.5 Å². The molecule has 3 nitrogen and oxygen atoms in total. The highest BCUT2D eigenvalue weighted by Gasteiger charge is 2.42. The zero-order valence-electron chi connectivity index (χ0n) is 9.71. The normalized spacial score (nSPS) is 11.8. The van der Waals surface area contributed by atoms with Crippen LogP contribution < -0.4 is 4.74 Å². The lowest BCUT2D eigenvalue weighted by molar-refractivity contribution is -0.0886. The van der Waals surface area contributed by atoms with E-state index in [9.17, 15) is 23.1 Å². The molecule has 0 amide bonds. The maximum Gasteiger partial charge on any atom is 0.455 e. The van der Waals surface area contributed by atoms with Crippen molar-refractivity contribution in [3.8, 4) is 11.5 Å². The van der Waals surface area contributed by atoms with Crippen molar-refractivity contribution < 1.29 is 27.8 Å². The molecule has 0 bridgehead atoms. The fourth-order valence-electron chi connectivity index (χ4n) is 1.49. The number of halogens is 3. The number of phenols is 1. The number of ketones is 1. The van der Waals surface area contributed by atoms with Crippen molar-refractivity contribution in [1.82, 2.24) is 0 Å². The lowest BCUT2D eigenvalue weighted by atomic mass is 10.0. The molecular weight excluding hydrogens is 249 g/mol. The quantitative estimate of drug-likeness (QED) is 0.849. The average Bonchev–Trinajstić information content (AvgIpc) is 2.29. The van der Waals surface area contributed by atoms with Gasteiger partial charge in [-0.2, -0.15) is 13.2 Å². The lowest BCUT2D eigenvalue weighted by Gasteiger charge is -2.13. The molecule has 0 spiro atoms. The molecular formula is C12H11F3O3. The minimum absolute atomic E-state index is 0.0366. The first-order valence-electron chi connectivity index (χ1n) is 4.97. The van der Waals surface area contributed by atoms with Crippen LogP contribution in [-0.4, -0.2) is 24.2 Å². The van der Waals surface area contributed by atoms with Crippen LogP contribution >= 0.6 is 0 Å². The van der Waals surface area contributed by atoms with Crippen molar-refractivity contribution in [2.45, 2.75) is 13.1 Å². The van der Waals surface area contributed by atoms with E-state index in [1.54, 1.807) is 6.92 Å². The Hall–Kier alpha value is -1.98.